The standard InChI is InChI=1S/C12H16ClIN2O/c1-7(2)5-10(15)12(17)16-11-6-8(14)3-4-9(11)13/h3-4,6-7,10H,5,15H2,1-2H3,(H,16,17). The van der Waals surface area contributed by atoms with Crippen molar-refractivity contribution in [1.82, 2.24) is 0 Å². The van der Waals surface area contributed by atoms with Crippen molar-refractivity contribution in [1.29, 1.82) is 0 Å². The lowest BCUT2D eigenvalue weighted by molar-refractivity contribution is -0.117. The van der Waals surface area contributed by atoms with Crippen LogP contribution in [-0.2, 0) is 4.79 Å². The fourth-order valence-corrected chi connectivity index (χ4v) is 2.09. The van der Waals surface area contributed by atoms with Gasteiger partial charge in [-0.25, -0.2) is 0 Å². The predicted octanol–water partition coefficient (Wildman–Crippen LogP) is 3.26. The molecule has 0 aromatic heterocycles. The van der Waals surface area contributed by atoms with Crippen LogP contribution in [0.25, 0.3) is 0 Å². The first-order valence-corrected chi connectivity index (χ1v) is 6.87. The van der Waals surface area contributed by atoms with Gasteiger partial charge < -0.3 is 11.1 Å². The number of hydrogen-bond donors (Lipinski definition) is 2. The summed E-state index contributed by atoms with van der Waals surface area (Å²) in [5.41, 5.74) is 6.41. The number of carbonyl (C=O) groups is 1. The van der Waals surface area contributed by atoms with Gasteiger partial charge in [0.2, 0.25) is 5.91 Å². The zero-order valence-electron chi connectivity index (χ0n) is 9.84. The van der Waals surface area contributed by atoms with Crippen LogP contribution >= 0.6 is 34.2 Å². The number of nitrogens with two attached hydrogens (primary N) is 1. The summed E-state index contributed by atoms with van der Waals surface area (Å²) in [5.74, 6) is 0.199. The summed E-state index contributed by atoms with van der Waals surface area (Å²) in [7, 11) is 0. The highest BCUT2D eigenvalue weighted by molar-refractivity contribution is 14.1. The fraction of sp³-hybridized carbons (Fsp3) is 0.417. The Kier molecular flexibility index (Phi) is 5.69. The van der Waals surface area contributed by atoms with Gasteiger partial charge in [-0.05, 0) is 53.1 Å². The second-order valence-corrected chi connectivity index (χ2v) is 6.00. The van der Waals surface area contributed by atoms with Crippen LogP contribution in [0.2, 0.25) is 5.02 Å². The van der Waals surface area contributed by atoms with Crippen LogP contribution in [0.4, 0.5) is 5.69 Å². The van der Waals surface area contributed by atoms with E-state index in [9.17, 15) is 4.79 Å². The van der Waals surface area contributed by atoms with Crippen molar-refractivity contribution >= 4 is 45.8 Å². The maximum Gasteiger partial charge on any atom is 0.241 e. The number of nitrogens with one attached hydrogen (secondary N) is 1. The Morgan fingerprint density at radius 3 is 2.76 bits per heavy atom. The van der Waals surface area contributed by atoms with E-state index in [1.165, 1.54) is 0 Å². The first-order chi connectivity index (χ1) is 7.90. The summed E-state index contributed by atoms with van der Waals surface area (Å²) in [5, 5.41) is 3.28. The number of halogens is 2. The van der Waals surface area contributed by atoms with E-state index in [0.717, 1.165) is 3.57 Å². The molecule has 0 saturated heterocycles. The van der Waals surface area contributed by atoms with E-state index >= 15 is 0 Å². The molecule has 1 aromatic carbocycles. The minimum Gasteiger partial charge on any atom is -0.323 e. The van der Waals surface area contributed by atoms with Gasteiger partial charge in [-0.1, -0.05) is 25.4 Å². The molecule has 5 heteroatoms. The third kappa shape index (κ3) is 4.81. The molecule has 0 spiro atoms. The van der Waals surface area contributed by atoms with Crippen LogP contribution < -0.4 is 11.1 Å². The van der Waals surface area contributed by atoms with Crippen LogP contribution in [0, 0.1) is 9.49 Å². The molecule has 0 aliphatic heterocycles. The molecule has 0 aliphatic carbocycles. The molecule has 0 aliphatic rings. The van der Waals surface area contributed by atoms with Crippen LogP contribution in [0.3, 0.4) is 0 Å². The molecule has 0 radical (unpaired) electrons. The highest BCUT2D eigenvalue weighted by Gasteiger charge is 2.16. The van der Waals surface area contributed by atoms with Crippen LogP contribution in [0.15, 0.2) is 18.2 Å². The molecule has 1 atom stereocenters. The molecule has 0 fully saturated rings. The largest absolute Gasteiger partial charge is 0.323 e. The van der Waals surface area contributed by atoms with Gasteiger partial charge in [0, 0.05) is 3.57 Å². The van der Waals surface area contributed by atoms with Crippen molar-refractivity contribution in [2.24, 2.45) is 11.7 Å². The van der Waals surface area contributed by atoms with E-state index in [-0.39, 0.29) is 5.91 Å². The summed E-state index contributed by atoms with van der Waals surface area (Å²) in [6, 6.07) is 4.96. The van der Waals surface area contributed by atoms with Crippen molar-refractivity contribution in [3.63, 3.8) is 0 Å². The number of amides is 1. The Labute approximate surface area is 120 Å². The Bertz CT molecular complexity index is 409. The summed E-state index contributed by atoms with van der Waals surface area (Å²) in [6.45, 7) is 4.07. The van der Waals surface area contributed by atoms with Crippen molar-refractivity contribution in [2.75, 3.05) is 5.32 Å². The van der Waals surface area contributed by atoms with Crippen LogP contribution in [0.1, 0.15) is 20.3 Å². The number of hydrogen-bond acceptors (Lipinski definition) is 2. The lowest BCUT2D eigenvalue weighted by Gasteiger charge is -2.15. The van der Waals surface area contributed by atoms with Gasteiger partial charge >= 0.3 is 0 Å². The molecule has 1 aromatic rings. The van der Waals surface area contributed by atoms with Crippen LogP contribution in [-0.4, -0.2) is 11.9 Å². The van der Waals surface area contributed by atoms with E-state index in [4.69, 9.17) is 17.3 Å². The van der Waals surface area contributed by atoms with Gasteiger partial charge in [0.25, 0.3) is 0 Å². The first kappa shape index (κ1) is 14.7. The molecule has 94 valence electrons. The van der Waals surface area contributed by atoms with Gasteiger partial charge in [-0.3, -0.25) is 4.79 Å². The average Bonchev–Trinajstić information content (AvgIpc) is 2.22. The third-order valence-electron chi connectivity index (χ3n) is 2.25. The molecule has 3 nitrogen and oxygen atoms in total. The van der Waals surface area contributed by atoms with Gasteiger partial charge in [-0.15, -0.1) is 0 Å². The SMILES string of the molecule is CC(C)CC(N)C(=O)Nc1cc(I)ccc1Cl. The topological polar surface area (TPSA) is 55.1 Å². The summed E-state index contributed by atoms with van der Waals surface area (Å²) in [6.07, 6.45) is 0.660. The second kappa shape index (κ2) is 6.56. The zero-order valence-corrected chi connectivity index (χ0v) is 12.7. The van der Waals surface area contributed by atoms with E-state index in [1.807, 2.05) is 26.0 Å². The highest BCUT2D eigenvalue weighted by Crippen LogP contribution is 2.24. The normalized spacial score (nSPS) is 12.6. The van der Waals surface area contributed by atoms with Gasteiger partial charge in [0.05, 0.1) is 16.8 Å². The second-order valence-electron chi connectivity index (χ2n) is 4.35. The lowest BCUT2D eigenvalue weighted by atomic mass is 10.0. The van der Waals surface area contributed by atoms with Crippen LogP contribution in [0.5, 0.6) is 0 Å². The summed E-state index contributed by atoms with van der Waals surface area (Å²) < 4.78 is 1.01. The molecule has 0 bridgehead atoms. The molecule has 17 heavy (non-hydrogen) atoms. The molecule has 0 saturated carbocycles. The predicted molar refractivity (Wildman–Crippen MR) is 80.2 cm³/mol. The third-order valence-corrected chi connectivity index (χ3v) is 3.25. The Morgan fingerprint density at radius 1 is 1.53 bits per heavy atom. The molecule has 1 rings (SSSR count). The van der Waals surface area contributed by atoms with Gasteiger partial charge in [0.15, 0.2) is 0 Å². The molecule has 1 amide bonds. The molecule has 0 heterocycles. The van der Waals surface area contributed by atoms with Crippen molar-refractivity contribution in [3.8, 4) is 0 Å². The van der Waals surface area contributed by atoms with E-state index in [1.54, 1.807) is 6.07 Å². The minimum absolute atomic E-state index is 0.192. The molecular formula is C12H16ClIN2O. The molecular weight excluding hydrogens is 351 g/mol. The lowest BCUT2D eigenvalue weighted by Crippen LogP contribution is -2.36. The Morgan fingerprint density at radius 2 is 2.18 bits per heavy atom. The summed E-state index contributed by atoms with van der Waals surface area (Å²) in [4.78, 5) is 11.8. The fourth-order valence-electron chi connectivity index (χ4n) is 1.43. The number of anilines is 1. The van der Waals surface area contributed by atoms with E-state index in [2.05, 4.69) is 27.9 Å². The molecule has 3 N–H and O–H groups in total. The van der Waals surface area contributed by atoms with E-state index in [0.29, 0.717) is 23.0 Å². The summed E-state index contributed by atoms with van der Waals surface area (Å²) >= 11 is 8.16. The average molecular weight is 367 g/mol. The highest BCUT2D eigenvalue weighted by atomic mass is 127. The Balaban J connectivity index is 2.70. The monoisotopic (exact) mass is 366 g/mol. The number of carbonyl (C=O) groups excluding carboxylic acids is 1. The van der Waals surface area contributed by atoms with E-state index < -0.39 is 6.04 Å². The van der Waals surface area contributed by atoms with Crippen molar-refractivity contribution in [2.45, 2.75) is 26.3 Å². The molecule has 1 unspecified atom stereocenters. The zero-order chi connectivity index (χ0) is 13.0. The maximum absolute atomic E-state index is 11.8. The smallest absolute Gasteiger partial charge is 0.241 e. The quantitative estimate of drug-likeness (QED) is 0.804. The number of rotatable bonds is 4. The van der Waals surface area contributed by atoms with Gasteiger partial charge in [0.1, 0.15) is 0 Å². The Hall–Kier alpha value is -0.330. The van der Waals surface area contributed by atoms with Gasteiger partial charge in [-0.2, -0.15) is 0 Å². The van der Waals surface area contributed by atoms with Crippen molar-refractivity contribution < 1.29 is 4.79 Å². The minimum atomic E-state index is -0.496. The number of benzene rings is 1. The van der Waals surface area contributed by atoms with Crippen molar-refractivity contribution in [3.05, 3.63) is 26.8 Å². The first-order valence-electron chi connectivity index (χ1n) is 5.41. The maximum atomic E-state index is 11.8.